The lowest BCUT2D eigenvalue weighted by atomic mass is 10.1. The summed E-state index contributed by atoms with van der Waals surface area (Å²) in [6, 6.07) is 4.55. The van der Waals surface area contributed by atoms with Crippen LogP contribution in [0.15, 0.2) is 18.2 Å². The van der Waals surface area contributed by atoms with Crippen molar-refractivity contribution in [1.29, 1.82) is 0 Å². The molecule has 0 fully saturated rings. The average Bonchev–Trinajstić information content (AvgIpc) is 2.31. The molecule has 1 aromatic carbocycles. The van der Waals surface area contributed by atoms with E-state index in [0.717, 1.165) is 5.56 Å². The summed E-state index contributed by atoms with van der Waals surface area (Å²) in [6.07, 6.45) is 0. The zero-order valence-electron chi connectivity index (χ0n) is 11.7. The topological polar surface area (TPSA) is 69.6 Å². The lowest BCUT2D eigenvalue weighted by molar-refractivity contribution is 0.0697. The number of urea groups is 1. The van der Waals surface area contributed by atoms with E-state index < -0.39 is 5.97 Å². The number of aryl methyl sites for hydroxylation is 1. The molecule has 0 saturated heterocycles. The van der Waals surface area contributed by atoms with Crippen LogP contribution in [0.5, 0.6) is 0 Å². The second-order valence-corrected chi connectivity index (χ2v) is 4.64. The van der Waals surface area contributed by atoms with Crippen LogP contribution in [0.2, 0.25) is 0 Å². The Morgan fingerprint density at radius 2 is 2.00 bits per heavy atom. The Bertz CT molecular complexity index is 484. The third-order valence-electron chi connectivity index (χ3n) is 2.95. The first-order valence-corrected chi connectivity index (χ1v) is 6.28. The minimum absolute atomic E-state index is 0.0907. The maximum atomic E-state index is 12.1. The van der Waals surface area contributed by atoms with Gasteiger partial charge in [-0.05, 0) is 45.4 Å². The predicted molar refractivity (Wildman–Crippen MR) is 74.7 cm³/mol. The van der Waals surface area contributed by atoms with Crippen LogP contribution in [0.25, 0.3) is 0 Å². The second-order valence-electron chi connectivity index (χ2n) is 4.64. The zero-order chi connectivity index (χ0) is 14.6. The first-order valence-electron chi connectivity index (χ1n) is 6.28. The maximum absolute atomic E-state index is 12.1. The van der Waals surface area contributed by atoms with Crippen molar-refractivity contribution in [2.45, 2.75) is 33.7 Å². The summed E-state index contributed by atoms with van der Waals surface area (Å²) >= 11 is 0. The van der Waals surface area contributed by atoms with Crippen LogP contribution in [-0.4, -0.2) is 34.6 Å². The molecule has 2 amide bonds. The van der Waals surface area contributed by atoms with Gasteiger partial charge in [0.2, 0.25) is 0 Å². The molecule has 0 aliphatic carbocycles. The molecule has 0 aliphatic rings. The summed E-state index contributed by atoms with van der Waals surface area (Å²) in [6.45, 7) is 8.20. The third-order valence-corrected chi connectivity index (χ3v) is 2.95. The number of amides is 2. The van der Waals surface area contributed by atoms with Gasteiger partial charge < -0.3 is 15.3 Å². The molecule has 5 heteroatoms. The Kier molecular flexibility index (Phi) is 4.92. The molecule has 19 heavy (non-hydrogen) atoms. The summed E-state index contributed by atoms with van der Waals surface area (Å²) < 4.78 is 0. The van der Waals surface area contributed by atoms with Crippen molar-refractivity contribution < 1.29 is 14.7 Å². The third kappa shape index (κ3) is 3.71. The second kappa shape index (κ2) is 6.22. The Hall–Kier alpha value is -2.04. The van der Waals surface area contributed by atoms with Gasteiger partial charge in [0.25, 0.3) is 0 Å². The predicted octanol–water partition coefficient (Wildman–Crippen LogP) is 2.96. The largest absolute Gasteiger partial charge is 0.478 e. The lowest BCUT2D eigenvalue weighted by Crippen LogP contribution is -2.39. The number of hydrogen-bond acceptors (Lipinski definition) is 2. The standard InChI is InChI=1S/C14H20N2O3/c1-5-16(9(2)3)14(19)15-12-8-11(13(17)18)7-6-10(12)4/h6-9H,5H2,1-4H3,(H,15,19)(H,17,18). The number of rotatable bonds is 4. The number of hydrogen-bond donors (Lipinski definition) is 2. The van der Waals surface area contributed by atoms with Gasteiger partial charge in [0.1, 0.15) is 0 Å². The highest BCUT2D eigenvalue weighted by molar-refractivity contribution is 5.94. The molecule has 0 heterocycles. The molecule has 2 N–H and O–H groups in total. The van der Waals surface area contributed by atoms with Gasteiger partial charge in [-0.3, -0.25) is 0 Å². The number of nitrogens with one attached hydrogen (secondary N) is 1. The fourth-order valence-corrected chi connectivity index (χ4v) is 1.82. The van der Waals surface area contributed by atoms with Crippen LogP contribution in [0, 0.1) is 6.92 Å². The molecule has 0 aromatic heterocycles. The Morgan fingerprint density at radius 3 is 2.47 bits per heavy atom. The first-order chi connectivity index (χ1) is 8.86. The van der Waals surface area contributed by atoms with Gasteiger partial charge in [-0.2, -0.15) is 0 Å². The lowest BCUT2D eigenvalue weighted by Gasteiger charge is -2.25. The Morgan fingerprint density at radius 1 is 1.37 bits per heavy atom. The van der Waals surface area contributed by atoms with Crippen molar-refractivity contribution in [2.24, 2.45) is 0 Å². The summed E-state index contributed by atoms with van der Waals surface area (Å²) in [5.74, 6) is -1.01. The van der Waals surface area contributed by atoms with Crippen molar-refractivity contribution in [3.63, 3.8) is 0 Å². The normalized spacial score (nSPS) is 10.4. The molecule has 0 unspecified atom stereocenters. The van der Waals surface area contributed by atoms with Crippen LogP contribution in [0.1, 0.15) is 36.7 Å². The van der Waals surface area contributed by atoms with Gasteiger partial charge in [-0.15, -0.1) is 0 Å². The number of aromatic carboxylic acids is 1. The summed E-state index contributed by atoms with van der Waals surface area (Å²) in [5.41, 5.74) is 1.52. The molecule has 0 radical (unpaired) electrons. The average molecular weight is 264 g/mol. The highest BCUT2D eigenvalue weighted by Crippen LogP contribution is 2.18. The fourth-order valence-electron chi connectivity index (χ4n) is 1.82. The maximum Gasteiger partial charge on any atom is 0.335 e. The van der Waals surface area contributed by atoms with Crippen LogP contribution >= 0.6 is 0 Å². The highest BCUT2D eigenvalue weighted by Gasteiger charge is 2.16. The quantitative estimate of drug-likeness (QED) is 0.878. The van der Waals surface area contributed by atoms with E-state index in [1.54, 1.807) is 11.0 Å². The number of carbonyl (C=O) groups is 2. The number of benzene rings is 1. The van der Waals surface area contributed by atoms with Gasteiger partial charge in [-0.1, -0.05) is 6.07 Å². The van der Waals surface area contributed by atoms with Crippen molar-refractivity contribution in [3.05, 3.63) is 29.3 Å². The van der Waals surface area contributed by atoms with Crippen LogP contribution < -0.4 is 5.32 Å². The molecule has 0 atom stereocenters. The molecule has 0 bridgehead atoms. The zero-order valence-corrected chi connectivity index (χ0v) is 11.7. The van der Waals surface area contributed by atoms with Crippen molar-refractivity contribution >= 4 is 17.7 Å². The summed E-state index contributed by atoms with van der Waals surface area (Å²) in [4.78, 5) is 24.7. The van der Waals surface area contributed by atoms with Gasteiger partial charge >= 0.3 is 12.0 Å². The first kappa shape index (κ1) is 15.0. The van der Waals surface area contributed by atoms with E-state index in [2.05, 4.69) is 5.32 Å². The van der Waals surface area contributed by atoms with Gasteiger partial charge in [-0.25, -0.2) is 9.59 Å². The van der Waals surface area contributed by atoms with Gasteiger partial charge in [0.05, 0.1) is 5.56 Å². The van der Waals surface area contributed by atoms with E-state index in [-0.39, 0.29) is 17.6 Å². The van der Waals surface area contributed by atoms with E-state index in [4.69, 9.17) is 5.11 Å². The van der Waals surface area contributed by atoms with Crippen molar-refractivity contribution in [2.75, 3.05) is 11.9 Å². The molecule has 1 aromatic rings. The molecule has 104 valence electrons. The number of carboxylic acid groups (broad SMARTS) is 1. The SMILES string of the molecule is CCN(C(=O)Nc1cc(C(=O)O)ccc1C)C(C)C. The molecule has 1 rings (SSSR count). The van der Waals surface area contributed by atoms with Crippen molar-refractivity contribution in [1.82, 2.24) is 4.90 Å². The van der Waals surface area contributed by atoms with Crippen LogP contribution in [-0.2, 0) is 0 Å². The number of carbonyl (C=O) groups excluding carboxylic acids is 1. The van der Waals surface area contributed by atoms with Crippen LogP contribution in [0.3, 0.4) is 0 Å². The Balaban J connectivity index is 2.95. The Labute approximate surface area is 113 Å². The fraction of sp³-hybridized carbons (Fsp3) is 0.429. The molecule has 0 aliphatic heterocycles. The van der Waals surface area contributed by atoms with E-state index in [0.29, 0.717) is 12.2 Å². The van der Waals surface area contributed by atoms with E-state index in [9.17, 15) is 9.59 Å². The summed E-state index contributed by atoms with van der Waals surface area (Å²) in [7, 11) is 0. The van der Waals surface area contributed by atoms with Crippen molar-refractivity contribution in [3.8, 4) is 0 Å². The highest BCUT2D eigenvalue weighted by atomic mass is 16.4. The number of carboxylic acids is 1. The molecular weight excluding hydrogens is 244 g/mol. The molecule has 0 spiro atoms. The number of nitrogens with zero attached hydrogens (tertiary/aromatic N) is 1. The number of anilines is 1. The molecule has 0 saturated carbocycles. The minimum Gasteiger partial charge on any atom is -0.478 e. The van der Waals surface area contributed by atoms with Gasteiger partial charge in [0, 0.05) is 18.3 Å². The smallest absolute Gasteiger partial charge is 0.335 e. The minimum atomic E-state index is -1.01. The van der Waals surface area contributed by atoms with E-state index in [1.807, 2.05) is 27.7 Å². The van der Waals surface area contributed by atoms with Gasteiger partial charge in [0.15, 0.2) is 0 Å². The molecular formula is C14H20N2O3. The monoisotopic (exact) mass is 264 g/mol. The van der Waals surface area contributed by atoms with E-state index >= 15 is 0 Å². The van der Waals surface area contributed by atoms with E-state index in [1.165, 1.54) is 12.1 Å². The van der Waals surface area contributed by atoms with Crippen LogP contribution in [0.4, 0.5) is 10.5 Å². The molecule has 5 nitrogen and oxygen atoms in total. The summed E-state index contributed by atoms with van der Waals surface area (Å²) in [5, 5.41) is 11.7.